The average Bonchev–Trinajstić information content (AvgIpc) is 3.36. The highest BCUT2D eigenvalue weighted by Crippen LogP contribution is 2.48. The lowest BCUT2D eigenvalue weighted by Crippen LogP contribution is -2.40. The van der Waals surface area contributed by atoms with Gasteiger partial charge in [0.25, 0.3) is 5.56 Å². The monoisotopic (exact) mass is 584 g/mol. The van der Waals surface area contributed by atoms with Gasteiger partial charge in [-0.25, -0.2) is 9.55 Å². The Labute approximate surface area is 228 Å². The maximum atomic E-state index is 13.8. The van der Waals surface area contributed by atoms with Crippen molar-refractivity contribution >= 4 is 42.4 Å². The van der Waals surface area contributed by atoms with Gasteiger partial charge >= 0.3 is 13.7 Å². The molecule has 3 aromatic rings. The Hall–Kier alpha value is -3.00. The highest BCUT2D eigenvalue weighted by molar-refractivity contribution is 7.52. The summed E-state index contributed by atoms with van der Waals surface area (Å²) in [5.41, 5.74) is 5.23. The van der Waals surface area contributed by atoms with Gasteiger partial charge in [0.1, 0.15) is 28.9 Å². The first kappa shape index (κ1) is 29.0. The van der Waals surface area contributed by atoms with Crippen molar-refractivity contribution in [2.75, 3.05) is 12.3 Å². The summed E-state index contributed by atoms with van der Waals surface area (Å²) in [6, 6.07) is 7.15. The van der Waals surface area contributed by atoms with Crippen LogP contribution in [-0.4, -0.2) is 66.4 Å². The SMILES string of the molecule is CC(C)OC(=O)[C@@H](C)NP(=O)(OC[C@H]1O[C@@H](n2cnc3c(=O)[nH]c(N)nc32)[C@](C)(Cl)[C@@H]1O)Oc1ccccc1. The maximum absolute atomic E-state index is 13.8. The van der Waals surface area contributed by atoms with Crippen molar-refractivity contribution in [2.45, 2.75) is 63.2 Å². The Morgan fingerprint density at radius 3 is 2.72 bits per heavy atom. The summed E-state index contributed by atoms with van der Waals surface area (Å²) >= 11 is 6.70. The zero-order valence-electron chi connectivity index (χ0n) is 21.6. The van der Waals surface area contributed by atoms with Crippen molar-refractivity contribution in [2.24, 2.45) is 0 Å². The molecule has 1 aromatic carbocycles. The number of esters is 1. The smallest absolute Gasteiger partial charge is 0.459 e. The van der Waals surface area contributed by atoms with E-state index in [1.54, 1.807) is 44.2 Å². The lowest BCUT2D eigenvalue weighted by atomic mass is 10.0. The van der Waals surface area contributed by atoms with E-state index in [-0.39, 0.29) is 22.9 Å². The second-order valence-electron chi connectivity index (χ2n) is 9.43. The molecule has 4 rings (SSSR count). The minimum absolute atomic E-state index is 0.00156. The molecule has 0 bridgehead atoms. The van der Waals surface area contributed by atoms with Crippen LogP contribution in [0.2, 0.25) is 0 Å². The van der Waals surface area contributed by atoms with Crippen molar-refractivity contribution in [1.29, 1.82) is 0 Å². The normalized spacial score (nSPS) is 25.5. The van der Waals surface area contributed by atoms with Gasteiger partial charge in [-0.3, -0.25) is 23.7 Å². The van der Waals surface area contributed by atoms with Crippen molar-refractivity contribution < 1.29 is 33.0 Å². The second-order valence-corrected chi connectivity index (χ2v) is 11.9. The number of nitrogens with two attached hydrogens (primary N) is 1. The summed E-state index contributed by atoms with van der Waals surface area (Å²) in [5.74, 6) is -0.589. The first-order chi connectivity index (χ1) is 18.3. The van der Waals surface area contributed by atoms with E-state index in [9.17, 15) is 19.3 Å². The van der Waals surface area contributed by atoms with Gasteiger partial charge in [-0.05, 0) is 39.8 Å². The predicted molar refractivity (Wildman–Crippen MR) is 141 cm³/mol. The van der Waals surface area contributed by atoms with Crippen LogP contribution in [0.3, 0.4) is 0 Å². The summed E-state index contributed by atoms with van der Waals surface area (Å²) in [4.78, 5) is 33.6. The molecule has 0 radical (unpaired) electrons. The van der Waals surface area contributed by atoms with Crippen LogP contribution in [0.5, 0.6) is 5.75 Å². The third-order valence-corrected chi connectivity index (χ3v) is 7.91. The lowest BCUT2D eigenvalue weighted by molar-refractivity contribution is -0.149. The third kappa shape index (κ3) is 6.26. The molecule has 1 unspecified atom stereocenters. The lowest BCUT2D eigenvalue weighted by Gasteiger charge is -2.26. The van der Waals surface area contributed by atoms with Gasteiger partial charge in [-0.1, -0.05) is 18.2 Å². The summed E-state index contributed by atoms with van der Waals surface area (Å²) in [5, 5.41) is 13.6. The van der Waals surface area contributed by atoms with Crippen LogP contribution in [0.25, 0.3) is 11.2 Å². The second kappa shape index (κ2) is 11.2. The summed E-state index contributed by atoms with van der Waals surface area (Å²) in [6.45, 7) is 5.89. The van der Waals surface area contributed by atoms with Crippen LogP contribution in [0.1, 0.15) is 33.9 Å². The molecule has 1 aliphatic rings. The molecule has 0 amide bonds. The molecule has 2 aromatic heterocycles. The summed E-state index contributed by atoms with van der Waals surface area (Å²) < 4.78 is 37.6. The average molecular weight is 585 g/mol. The Bertz CT molecular complexity index is 1430. The van der Waals surface area contributed by atoms with Crippen molar-refractivity contribution in [3.63, 3.8) is 0 Å². The fourth-order valence-corrected chi connectivity index (χ4v) is 5.77. The number of ether oxygens (including phenoxy) is 2. The van der Waals surface area contributed by atoms with E-state index >= 15 is 0 Å². The number of rotatable bonds is 10. The number of anilines is 1. The van der Waals surface area contributed by atoms with E-state index < -0.39 is 61.3 Å². The highest BCUT2D eigenvalue weighted by Gasteiger charge is 2.54. The highest BCUT2D eigenvalue weighted by atomic mass is 35.5. The zero-order chi connectivity index (χ0) is 28.5. The third-order valence-electron chi connectivity index (χ3n) is 5.86. The number of hydrogen-bond donors (Lipinski definition) is 4. The number of aliphatic hydroxyl groups is 1. The molecule has 0 spiro atoms. The Morgan fingerprint density at radius 2 is 2.05 bits per heavy atom. The molecular formula is C23H30ClN6O8P. The Morgan fingerprint density at radius 1 is 1.36 bits per heavy atom. The van der Waals surface area contributed by atoms with Gasteiger partial charge in [0.05, 0.1) is 19.0 Å². The molecule has 212 valence electrons. The number of imidazole rings is 1. The van der Waals surface area contributed by atoms with Crippen LogP contribution < -0.4 is 20.9 Å². The Kier molecular flexibility index (Phi) is 8.36. The first-order valence-corrected chi connectivity index (χ1v) is 13.9. The van der Waals surface area contributed by atoms with Crippen molar-refractivity contribution in [1.82, 2.24) is 24.6 Å². The van der Waals surface area contributed by atoms with E-state index in [4.69, 9.17) is 35.9 Å². The number of carbonyl (C=O) groups is 1. The van der Waals surface area contributed by atoms with Crippen LogP contribution in [-0.2, 0) is 23.4 Å². The number of nitrogen functional groups attached to an aromatic ring is 1. The minimum atomic E-state index is -4.23. The first-order valence-electron chi connectivity index (χ1n) is 12.0. The topological polar surface area (TPSA) is 193 Å². The largest absolute Gasteiger partial charge is 0.462 e. The number of carbonyl (C=O) groups excluding carboxylic acids is 1. The van der Waals surface area contributed by atoms with Gasteiger partial charge in [-0.2, -0.15) is 10.1 Å². The molecule has 1 aliphatic heterocycles. The number of halogens is 1. The van der Waals surface area contributed by atoms with Crippen LogP contribution in [0, 0.1) is 0 Å². The quantitative estimate of drug-likeness (QED) is 0.154. The van der Waals surface area contributed by atoms with Gasteiger partial charge in [-0.15, -0.1) is 11.6 Å². The number of alkyl halides is 1. The molecule has 39 heavy (non-hydrogen) atoms. The van der Waals surface area contributed by atoms with E-state index in [0.717, 1.165) is 0 Å². The molecule has 1 saturated heterocycles. The standard InChI is InChI=1S/C23H30ClN6O8P/c1-12(2)36-20(33)13(3)29-39(34,38-14-8-6-5-7-9-14)35-10-15-17(31)23(4,24)21(37-15)30-11-26-16-18(30)27-22(25)28-19(16)32/h5-9,11-13,15,17,21,31H,10H2,1-4H3,(H,29,34)(H3,25,27,28,32)/t13-,15-,17-,21-,23-,39?/m1/s1. The number of benzene rings is 1. The van der Waals surface area contributed by atoms with E-state index in [1.165, 1.54) is 24.7 Å². The number of aliphatic hydroxyl groups excluding tert-OH is 1. The number of fused-ring (bicyclic) bond motifs is 1. The fourth-order valence-electron chi connectivity index (χ4n) is 3.97. The number of aromatic nitrogens is 4. The van der Waals surface area contributed by atoms with Crippen molar-refractivity contribution in [3.05, 3.63) is 47.0 Å². The fraction of sp³-hybridized carbons (Fsp3) is 0.478. The number of hydrogen-bond acceptors (Lipinski definition) is 11. The van der Waals surface area contributed by atoms with Gasteiger partial charge in [0, 0.05) is 0 Å². The van der Waals surface area contributed by atoms with Crippen LogP contribution in [0.15, 0.2) is 41.5 Å². The zero-order valence-corrected chi connectivity index (χ0v) is 23.3. The van der Waals surface area contributed by atoms with Gasteiger partial charge < -0.3 is 24.8 Å². The summed E-state index contributed by atoms with van der Waals surface area (Å²) in [6.07, 6.45) is -2.61. The summed E-state index contributed by atoms with van der Waals surface area (Å²) in [7, 11) is -4.23. The molecule has 16 heteroatoms. The molecular weight excluding hydrogens is 555 g/mol. The molecule has 0 aliphatic carbocycles. The van der Waals surface area contributed by atoms with Crippen LogP contribution >= 0.6 is 19.3 Å². The number of nitrogens with zero attached hydrogens (tertiary/aromatic N) is 3. The maximum Gasteiger partial charge on any atom is 0.459 e. The number of para-hydroxylation sites is 1. The number of aromatic amines is 1. The van der Waals surface area contributed by atoms with E-state index in [0.29, 0.717) is 0 Å². The molecule has 6 atom stereocenters. The van der Waals surface area contributed by atoms with E-state index in [1.807, 2.05) is 0 Å². The number of nitrogens with one attached hydrogen (secondary N) is 2. The van der Waals surface area contributed by atoms with Gasteiger partial charge in [0.15, 0.2) is 17.4 Å². The molecule has 5 N–H and O–H groups in total. The predicted octanol–water partition coefficient (Wildman–Crippen LogP) is 2.09. The van der Waals surface area contributed by atoms with Gasteiger partial charge in [0.2, 0.25) is 5.95 Å². The molecule has 0 saturated carbocycles. The van der Waals surface area contributed by atoms with E-state index in [2.05, 4.69) is 20.0 Å². The Balaban J connectivity index is 1.56. The van der Waals surface area contributed by atoms with Crippen LogP contribution in [0.4, 0.5) is 5.95 Å². The molecule has 14 nitrogen and oxygen atoms in total. The molecule has 3 heterocycles. The minimum Gasteiger partial charge on any atom is -0.462 e. The molecule has 1 fully saturated rings. The van der Waals surface area contributed by atoms with Crippen molar-refractivity contribution in [3.8, 4) is 5.75 Å². The number of H-pyrrole nitrogens is 1.